The maximum Gasteiger partial charge on any atom is 0.318 e. The number of urea groups is 1. The van der Waals surface area contributed by atoms with Gasteiger partial charge < -0.3 is 16.0 Å². The fraction of sp³-hybridized carbons (Fsp3) is 0.389. The molecule has 26 heavy (non-hydrogen) atoms. The van der Waals surface area contributed by atoms with Gasteiger partial charge in [0.25, 0.3) is 5.91 Å². The number of hydrogen-bond acceptors (Lipinski definition) is 3. The highest BCUT2D eigenvalue weighted by molar-refractivity contribution is 6.00. The Hall–Kier alpha value is -2.90. The van der Waals surface area contributed by atoms with Gasteiger partial charge in [-0.25, -0.2) is 9.18 Å². The quantitative estimate of drug-likeness (QED) is 0.878. The molecule has 0 spiro atoms. The van der Waals surface area contributed by atoms with E-state index >= 15 is 0 Å². The zero-order valence-corrected chi connectivity index (χ0v) is 14.2. The van der Waals surface area contributed by atoms with Crippen LogP contribution in [0.4, 0.5) is 9.18 Å². The van der Waals surface area contributed by atoms with E-state index in [-0.39, 0.29) is 24.2 Å². The Morgan fingerprint density at radius 2 is 2.08 bits per heavy atom. The Balaban J connectivity index is 1.65. The van der Waals surface area contributed by atoms with Crippen molar-refractivity contribution in [3.63, 3.8) is 0 Å². The van der Waals surface area contributed by atoms with Gasteiger partial charge >= 0.3 is 6.03 Å². The van der Waals surface area contributed by atoms with Gasteiger partial charge in [0.1, 0.15) is 11.5 Å². The first-order chi connectivity index (χ1) is 12.5. The average Bonchev–Trinajstić information content (AvgIpc) is 2.96. The summed E-state index contributed by atoms with van der Waals surface area (Å²) in [5.41, 5.74) is 7.27. The van der Waals surface area contributed by atoms with Crippen molar-refractivity contribution in [2.75, 3.05) is 6.54 Å². The highest BCUT2D eigenvalue weighted by Gasteiger charge is 2.31. The Kier molecular flexibility index (Phi) is 4.10. The number of hydrogen-bond donors (Lipinski definition) is 2. The van der Waals surface area contributed by atoms with Gasteiger partial charge in [-0.05, 0) is 31.4 Å². The number of fused-ring (bicyclic) bond motifs is 1. The maximum absolute atomic E-state index is 13.6. The largest absolute Gasteiger partial charge is 0.365 e. The van der Waals surface area contributed by atoms with Crippen LogP contribution in [0.1, 0.15) is 35.3 Å². The normalized spacial score (nSPS) is 16.7. The van der Waals surface area contributed by atoms with Gasteiger partial charge in [-0.2, -0.15) is 5.10 Å². The van der Waals surface area contributed by atoms with E-state index in [2.05, 4.69) is 10.4 Å². The number of nitrogens with zero attached hydrogens (tertiary/aromatic N) is 3. The summed E-state index contributed by atoms with van der Waals surface area (Å²) < 4.78 is 15.3. The number of amides is 3. The van der Waals surface area contributed by atoms with E-state index in [1.165, 1.54) is 12.1 Å². The smallest absolute Gasteiger partial charge is 0.318 e. The minimum Gasteiger partial charge on any atom is -0.365 e. The van der Waals surface area contributed by atoms with Crippen molar-refractivity contribution < 1.29 is 14.0 Å². The lowest BCUT2D eigenvalue weighted by molar-refractivity contribution is 0.0997. The monoisotopic (exact) mass is 357 g/mol. The SMILES string of the molecule is NC(=O)c1c(-c2cccc(F)c2)nn2c1CN(C(=O)NC1CCC1)CC2. The molecule has 7 nitrogen and oxygen atoms in total. The fourth-order valence-corrected chi connectivity index (χ4v) is 3.41. The van der Waals surface area contributed by atoms with E-state index in [1.807, 2.05) is 0 Å². The molecule has 2 aromatic rings. The Bertz CT molecular complexity index is 874. The molecule has 1 aromatic heterocycles. The predicted molar refractivity (Wildman–Crippen MR) is 92.7 cm³/mol. The lowest BCUT2D eigenvalue weighted by Gasteiger charge is -2.32. The van der Waals surface area contributed by atoms with Crippen LogP contribution in [0, 0.1) is 5.82 Å². The summed E-state index contributed by atoms with van der Waals surface area (Å²) in [7, 11) is 0. The number of carbonyl (C=O) groups excluding carboxylic acids is 2. The molecule has 0 unspecified atom stereocenters. The first-order valence-corrected chi connectivity index (χ1v) is 8.74. The molecule has 1 aromatic carbocycles. The number of primary amides is 1. The van der Waals surface area contributed by atoms with Crippen molar-refractivity contribution in [1.82, 2.24) is 20.0 Å². The maximum atomic E-state index is 13.6. The number of nitrogens with two attached hydrogens (primary N) is 1. The molecule has 2 aliphatic rings. The van der Waals surface area contributed by atoms with Gasteiger partial charge in [0.15, 0.2) is 0 Å². The molecule has 1 aliphatic heterocycles. The molecule has 0 atom stereocenters. The molecule has 1 saturated carbocycles. The highest BCUT2D eigenvalue weighted by Crippen LogP contribution is 2.29. The van der Waals surface area contributed by atoms with Crippen LogP contribution < -0.4 is 11.1 Å². The second-order valence-corrected chi connectivity index (χ2v) is 6.77. The van der Waals surface area contributed by atoms with Crippen LogP contribution >= 0.6 is 0 Å². The second kappa shape index (κ2) is 6.44. The molecule has 1 aliphatic carbocycles. The molecule has 0 bridgehead atoms. The molecule has 0 radical (unpaired) electrons. The van der Waals surface area contributed by atoms with Crippen molar-refractivity contribution in [2.45, 2.75) is 38.4 Å². The van der Waals surface area contributed by atoms with Gasteiger partial charge in [0, 0.05) is 18.2 Å². The summed E-state index contributed by atoms with van der Waals surface area (Å²) in [6.45, 7) is 1.20. The van der Waals surface area contributed by atoms with E-state index in [4.69, 9.17) is 5.73 Å². The van der Waals surface area contributed by atoms with Crippen LogP contribution in [0.2, 0.25) is 0 Å². The molecule has 4 rings (SSSR count). The third-order valence-electron chi connectivity index (χ3n) is 5.04. The first kappa shape index (κ1) is 16.6. The number of rotatable bonds is 3. The topological polar surface area (TPSA) is 93.2 Å². The van der Waals surface area contributed by atoms with Crippen molar-refractivity contribution in [3.05, 3.63) is 41.3 Å². The van der Waals surface area contributed by atoms with E-state index < -0.39 is 11.7 Å². The van der Waals surface area contributed by atoms with Gasteiger partial charge in [0.05, 0.1) is 24.3 Å². The third-order valence-corrected chi connectivity index (χ3v) is 5.04. The second-order valence-electron chi connectivity index (χ2n) is 6.77. The number of aromatic nitrogens is 2. The van der Waals surface area contributed by atoms with Crippen LogP contribution in [0.5, 0.6) is 0 Å². The van der Waals surface area contributed by atoms with Crippen molar-refractivity contribution in [2.24, 2.45) is 5.73 Å². The van der Waals surface area contributed by atoms with E-state index in [1.54, 1.807) is 21.7 Å². The summed E-state index contributed by atoms with van der Waals surface area (Å²) in [6.07, 6.45) is 3.15. The first-order valence-electron chi connectivity index (χ1n) is 8.74. The molecular weight excluding hydrogens is 337 g/mol. The molecule has 2 heterocycles. The van der Waals surface area contributed by atoms with Crippen LogP contribution in [0.25, 0.3) is 11.3 Å². The lowest BCUT2D eigenvalue weighted by Crippen LogP contribution is -2.49. The number of nitrogens with one attached hydrogen (secondary N) is 1. The zero-order chi connectivity index (χ0) is 18.3. The zero-order valence-electron chi connectivity index (χ0n) is 14.2. The number of halogens is 1. The van der Waals surface area contributed by atoms with Crippen LogP contribution in [0.15, 0.2) is 24.3 Å². The third kappa shape index (κ3) is 2.91. The minimum absolute atomic E-state index is 0.134. The molecular formula is C18H20FN5O2. The van der Waals surface area contributed by atoms with Gasteiger partial charge in [0.2, 0.25) is 0 Å². The number of benzene rings is 1. The summed E-state index contributed by atoms with van der Waals surface area (Å²) in [5, 5.41) is 7.46. The molecule has 136 valence electrons. The molecule has 3 N–H and O–H groups in total. The predicted octanol–water partition coefficient (Wildman–Crippen LogP) is 1.87. The van der Waals surface area contributed by atoms with Gasteiger partial charge in [-0.1, -0.05) is 12.1 Å². The number of carbonyl (C=O) groups is 2. The summed E-state index contributed by atoms with van der Waals surface area (Å²) in [6, 6.07) is 6.01. The van der Waals surface area contributed by atoms with Crippen molar-refractivity contribution in [3.8, 4) is 11.3 Å². The van der Waals surface area contributed by atoms with Gasteiger partial charge in [-0.15, -0.1) is 0 Å². The highest BCUT2D eigenvalue weighted by atomic mass is 19.1. The molecule has 8 heteroatoms. The van der Waals surface area contributed by atoms with E-state index in [0.29, 0.717) is 30.0 Å². The molecule has 0 saturated heterocycles. The van der Waals surface area contributed by atoms with E-state index in [9.17, 15) is 14.0 Å². The molecule has 3 amide bonds. The summed E-state index contributed by atoms with van der Waals surface area (Å²) in [5.74, 6) is -1.04. The Morgan fingerprint density at radius 1 is 1.27 bits per heavy atom. The standard InChI is InChI=1S/C18H20FN5O2/c19-12-4-1-3-11(9-12)16-15(17(20)25)14-10-23(7-8-24(14)22-16)18(26)21-13-5-2-6-13/h1,3-4,9,13H,2,5-8,10H2,(H2,20,25)(H,21,26). The summed E-state index contributed by atoms with van der Waals surface area (Å²) in [4.78, 5) is 26.2. The van der Waals surface area contributed by atoms with Crippen molar-refractivity contribution >= 4 is 11.9 Å². The lowest BCUT2D eigenvalue weighted by atomic mass is 9.93. The average molecular weight is 357 g/mol. The van der Waals surface area contributed by atoms with Crippen molar-refractivity contribution in [1.29, 1.82) is 0 Å². The summed E-state index contributed by atoms with van der Waals surface area (Å²) >= 11 is 0. The van der Waals surface area contributed by atoms with Crippen LogP contribution in [0.3, 0.4) is 0 Å². The minimum atomic E-state index is -0.633. The van der Waals surface area contributed by atoms with Gasteiger partial charge in [-0.3, -0.25) is 9.48 Å². The fourth-order valence-electron chi connectivity index (χ4n) is 3.41. The van der Waals surface area contributed by atoms with Crippen LogP contribution in [-0.2, 0) is 13.1 Å². The van der Waals surface area contributed by atoms with E-state index in [0.717, 1.165) is 19.3 Å². The van der Waals surface area contributed by atoms with Crippen LogP contribution in [-0.4, -0.2) is 39.2 Å². The Labute approximate surface area is 150 Å². The molecule has 1 fully saturated rings. The Morgan fingerprint density at radius 3 is 2.73 bits per heavy atom.